The molecule has 0 unspecified atom stereocenters. The molecule has 3 aromatic rings. The summed E-state index contributed by atoms with van der Waals surface area (Å²) in [6, 6.07) is 14.8. The third-order valence-electron chi connectivity index (χ3n) is 3.99. The third kappa shape index (κ3) is 4.07. The Morgan fingerprint density at radius 3 is 2.56 bits per heavy atom. The highest BCUT2D eigenvalue weighted by Gasteiger charge is 2.20. The number of carbonyl (C=O) groups excluding carboxylic acids is 1. The van der Waals surface area contributed by atoms with E-state index in [1.165, 1.54) is 12.3 Å². The Kier molecular flexibility index (Phi) is 5.14. The summed E-state index contributed by atoms with van der Waals surface area (Å²) in [5.41, 5.74) is 2.86. The molecule has 0 fully saturated rings. The van der Waals surface area contributed by atoms with Crippen molar-refractivity contribution in [2.45, 2.75) is 20.0 Å². The zero-order valence-electron chi connectivity index (χ0n) is 13.9. The fourth-order valence-electron chi connectivity index (χ4n) is 2.60. The average Bonchev–Trinajstić information content (AvgIpc) is 2.64. The van der Waals surface area contributed by atoms with E-state index < -0.39 is 5.82 Å². The highest BCUT2D eigenvalue weighted by Crippen LogP contribution is 2.17. The third-order valence-corrected chi connectivity index (χ3v) is 3.99. The standard InChI is InChI=1S/C20H18FN3O/c1-15-6-2-3-7-16(15)13-24(14-17-8-4-5-10-23-17)20(25)18-9-11-22-12-19(18)21/h2-12H,13-14H2,1H3. The van der Waals surface area contributed by atoms with Gasteiger partial charge in [-0.2, -0.15) is 0 Å². The number of aryl methyl sites for hydroxylation is 1. The summed E-state index contributed by atoms with van der Waals surface area (Å²) in [5, 5.41) is 0. The van der Waals surface area contributed by atoms with Crippen LogP contribution in [0.2, 0.25) is 0 Å². The van der Waals surface area contributed by atoms with Gasteiger partial charge in [0.1, 0.15) is 0 Å². The Bertz CT molecular complexity index is 868. The van der Waals surface area contributed by atoms with Crippen molar-refractivity contribution >= 4 is 5.91 Å². The molecule has 1 amide bonds. The minimum atomic E-state index is -0.622. The van der Waals surface area contributed by atoms with Crippen LogP contribution >= 0.6 is 0 Å². The Morgan fingerprint density at radius 2 is 1.84 bits per heavy atom. The first-order valence-corrected chi connectivity index (χ1v) is 7.98. The molecule has 0 spiro atoms. The van der Waals surface area contributed by atoms with E-state index in [2.05, 4.69) is 9.97 Å². The fraction of sp³-hybridized carbons (Fsp3) is 0.150. The predicted molar refractivity (Wildman–Crippen MR) is 93.2 cm³/mol. The topological polar surface area (TPSA) is 46.1 Å². The van der Waals surface area contributed by atoms with E-state index in [1.807, 2.05) is 49.4 Å². The molecule has 0 bridgehead atoms. The highest BCUT2D eigenvalue weighted by molar-refractivity contribution is 5.94. The van der Waals surface area contributed by atoms with Crippen molar-refractivity contribution < 1.29 is 9.18 Å². The smallest absolute Gasteiger partial charge is 0.257 e. The number of benzene rings is 1. The number of aromatic nitrogens is 2. The number of hydrogen-bond acceptors (Lipinski definition) is 3. The highest BCUT2D eigenvalue weighted by atomic mass is 19.1. The molecule has 3 rings (SSSR count). The Balaban J connectivity index is 1.92. The zero-order chi connectivity index (χ0) is 17.6. The van der Waals surface area contributed by atoms with Crippen LogP contribution in [0.5, 0.6) is 0 Å². The van der Waals surface area contributed by atoms with E-state index in [4.69, 9.17) is 0 Å². The molecule has 0 aliphatic heterocycles. The van der Waals surface area contributed by atoms with Crippen molar-refractivity contribution in [3.05, 3.63) is 95.3 Å². The van der Waals surface area contributed by atoms with Crippen LogP contribution in [0.1, 0.15) is 27.2 Å². The molecule has 126 valence electrons. The van der Waals surface area contributed by atoms with Crippen LogP contribution in [0.4, 0.5) is 4.39 Å². The molecule has 0 aliphatic rings. The first-order valence-electron chi connectivity index (χ1n) is 7.98. The number of carbonyl (C=O) groups is 1. The second kappa shape index (κ2) is 7.66. The molecule has 0 saturated heterocycles. The van der Waals surface area contributed by atoms with Gasteiger partial charge in [0.25, 0.3) is 5.91 Å². The number of amides is 1. The van der Waals surface area contributed by atoms with Crippen LogP contribution in [0, 0.1) is 12.7 Å². The average molecular weight is 335 g/mol. The lowest BCUT2D eigenvalue weighted by atomic mass is 10.1. The number of rotatable bonds is 5. The largest absolute Gasteiger partial charge is 0.328 e. The first kappa shape index (κ1) is 16.8. The maximum absolute atomic E-state index is 14.0. The molecule has 25 heavy (non-hydrogen) atoms. The lowest BCUT2D eigenvalue weighted by Gasteiger charge is -2.23. The van der Waals surface area contributed by atoms with Gasteiger partial charge in [0, 0.05) is 18.9 Å². The summed E-state index contributed by atoms with van der Waals surface area (Å²) in [6.07, 6.45) is 4.15. The van der Waals surface area contributed by atoms with Gasteiger partial charge in [0.15, 0.2) is 5.82 Å². The Labute approximate surface area is 146 Å². The van der Waals surface area contributed by atoms with E-state index >= 15 is 0 Å². The maximum atomic E-state index is 14.0. The van der Waals surface area contributed by atoms with E-state index in [1.54, 1.807) is 11.1 Å². The molecule has 0 saturated carbocycles. The van der Waals surface area contributed by atoms with Gasteiger partial charge in [0.05, 0.1) is 24.0 Å². The summed E-state index contributed by atoms with van der Waals surface area (Å²) in [5.74, 6) is -1.00. The van der Waals surface area contributed by atoms with E-state index in [0.717, 1.165) is 23.0 Å². The fourth-order valence-corrected chi connectivity index (χ4v) is 2.60. The molecule has 0 aliphatic carbocycles. The molecule has 0 atom stereocenters. The molecule has 1 aromatic carbocycles. The van der Waals surface area contributed by atoms with Crippen molar-refractivity contribution in [3.8, 4) is 0 Å². The van der Waals surface area contributed by atoms with Crippen LogP contribution < -0.4 is 0 Å². The summed E-state index contributed by atoms with van der Waals surface area (Å²) in [7, 11) is 0. The van der Waals surface area contributed by atoms with Crippen LogP contribution in [0.3, 0.4) is 0 Å². The van der Waals surface area contributed by atoms with Gasteiger partial charge in [-0.05, 0) is 36.2 Å². The van der Waals surface area contributed by atoms with Crippen molar-refractivity contribution in [1.82, 2.24) is 14.9 Å². The predicted octanol–water partition coefficient (Wildman–Crippen LogP) is 3.77. The molecule has 0 radical (unpaired) electrons. The van der Waals surface area contributed by atoms with Crippen LogP contribution in [0.15, 0.2) is 67.1 Å². The molecule has 2 aromatic heterocycles. The van der Waals surface area contributed by atoms with Gasteiger partial charge >= 0.3 is 0 Å². The second-order valence-corrected chi connectivity index (χ2v) is 5.76. The molecular formula is C20H18FN3O. The quantitative estimate of drug-likeness (QED) is 0.713. The van der Waals surface area contributed by atoms with Crippen LogP contribution in [-0.2, 0) is 13.1 Å². The zero-order valence-corrected chi connectivity index (χ0v) is 13.9. The summed E-state index contributed by atoms with van der Waals surface area (Å²) >= 11 is 0. The molecular weight excluding hydrogens is 317 g/mol. The maximum Gasteiger partial charge on any atom is 0.257 e. The van der Waals surface area contributed by atoms with E-state index in [-0.39, 0.29) is 11.5 Å². The molecule has 2 heterocycles. The summed E-state index contributed by atoms with van der Waals surface area (Å²) in [6.45, 7) is 2.67. The number of pyridine rings is 2. The molecule has 4 nitrogen and oxygen atoms in total. The number of nitrogens with zero attached hydrogens (tertiary/aromatic N) is 3. The van der Waals surface area contributed by atoms with Crippen LogP contribution in [0.25, 0.3) is 0 Å². The van der Waals surface area contributed by atoms with Crippen molar-refractivity contribution in [1.29, 1.82) is 0 Å². The molecule has 5 heteroatoms. The van der Waals surface area contributed by atoms with Crippen molar-refractivity contribution in [2.24, 2.45) is 0 Å². The van der Waals surface area contributed by atoms with Gasteiger partial charge in [-0.3, -0.25) is 14.8 Å². The number of halogens is 1. The number of hydrogen-bond donors (Lipinski definition) is 0. The van der Waals surface area contributed by atoms with Crippen molar-refractivity contribution in [3.63, 3.8) is 0 Å². The van der Waals surface area contributed by atoms with Gasteiger partial charge in [-0.15, -0.1) is 0 Å². The second-order valence-electron chi connectivity index (χ2n) is 5.76. The Morgan fingerprint density at radius 1 is 1.04 bits per heavy atom. The lowest BCUT2D eigenvalue weighted by molar-refractivity contribution is 0.0722. The van der Waals surface area contributed by atoms with Gasteiger partial charge in [0.2, 0.25) is 0 Å². The van der Waals surface area contributed by atoms with Gasteiger partial charge < -0.3 is 4.90 Å². The normalized spacial score (nSPS) is 10.5. The minimum absolute atomic E-state index is 0.0134. The minimum Gasteiger partial charge on any atom is -0.328 e. The summed E-state index contributed by atoms with van der Waals surface area (Å²) in [4.78, 5) is 22.5. The SMILES string of the molecule is Cc1ccccc1CN(Cc1ccccn1)C(=O)c1ccncc1F. The van der Waals surface area contributed by atoms with E-state index in [9.17, 15) is 9.18 Å². The van der Waals surface area contributed by atoms with Crippen LogP contribution in [-0.4, -0.2) is 20.8 Å². The van der Waals surface area contributed by atoms with Gasteiger partial charge in [-0.1, -0.05) is 30.3 Å². The molecule has 0 N–H and O–H groups in total. The van der Waals surface area contributed by atoms with Gasteiger partial charge in [-0.25, -0.2) is 4.39 Å². The monoisotopic (exact) mass is 335 g/mol. The first-order chi connectivity index (χ1) is 12.1. The lowest BCUT2D eigenvalue weighted by Crippen LogP contribution is -2.31. The van der Waals surface area contributed by atoms with Crippen molar-refractivity contribution in [2.75, 3.05) is 0 Å². The Hall–Kier alpha value is -3.08. The van der Waals surface area contributed by atoms with E-state index in [0.29, 0.717) is 13.1 Å². The summed E-state index contributed by atoms with van der Waals surface area (Å²) < 4.78 is 14.0.